The smallest absolute Gasteiger partial charge is 0.419 e. The molecule has 0 bridgehead atoms. The van der Waals surface area contributed by atoms with Gasteiger partial charge in [0.2, 0.25) is 0 Å². The molecular formula is C16H13ClF3N3O2. The second-order valence-corrected chi connectivity index (χ2v) is 5.36. The summed E-state index contributed by atoms with van der Waals surface area (Å²) in [7, 11) is 0. The molecule has 2 aromatic rings. The molecule has 0 spiro atoms. The van der Waals surface area contributed by atoms with Crippen LogP contribution in [0.3, 0.4) is 0 Å². The van der Waals surface area contributed by atoms with E-state index in [0.29, 0.717) is 10.7 Å². The molecule has 0 aliphatic heterocycles. The first kappa shape index (κ1) is 18.6. The summed E-state index contributed by atoms with van der Waals surface area (Å²) in [5.41, 5.74) is 1.77. The standard InChI is InChI=1S/C16H13ClF3N3O2/c17-11-2-4-12(5-3-11)21-9-15(25)23-22-8-10-1-6-14(24)13(7-10)16(18,19)20/h1-8,21,24H,9H2,(H,23,25)/b22-8+. The van der Waals surface area contributed by atoms with E-state index in [1.54, 1.807) is 24.3 Å². The number of hydrazone groups is 1. The minimum atomic E-state index is -4.68. The van der Waals surface area contributed by atoms with Crippen LogP contribution in [0.25, 0.3) is 0 Å². The normalized spacial score (nSPS) is 11.5. The summed E-state index contributed by atoms with van der Waals surface area (Å²) in [5, 5.41) is 16.2. The maximum absolute atomic E-state index is 12.7. The lowest BCUT2D eigenvalue weighted by molar-refractivity contribution is -0.138. The minimum Gasteiger partial charge on any atom is -0.507 e. The Balaban J connectivity index is 1.90. The Bertz CT molecular complexity index is 777. The molecule has 25 heavy (non-hydrogen) atoms. The van der Waals surface area contributed by atoms with Gasteiger partial charge in [-0.3, -0.25) is 4.79 Å². The summed E-state index contributed by atoms with van der Waals surface area (Å²) in [5.74, 6) is -1.36. The molecule has 0 aliphatic carbocycles. The number of amides is 1. The fourth-order valence-electron chi connectivity index (χ4n) is 1.83. The molecule has 0 saturated carbocycles. The van der Waals surface area contributed by atoms with Crippen LogP contribution in [0.4, 0.5) is 18.9 Å². The number of rotatable bonds is 5. The van der Waals surface area contributed by atoms with Gasteiger partial charge in [-0.15, -0.1) is 0 Å². The number of hydrogen-bond donors (Lipinski definition) is 3. The van der Waals surface area contributed by atoms with Crippen LogP contribution in [-0.4, -0.2) is 23.8 Å². The highest BCUT2D eigenvalue weighted by Crippen LogP contribution is 2.35. The molecule has 132 valence electrons. The van der Waals surface area contributed by atoms with Crippen molar-refractivity contribution in [1.29, 1.82) is 0 Å². The molecule has 1 amide bonds. The second-order valence-electron chi connectivity index (χ2n) is 4.93. The van der Waals surface area contributed by atoms with Gasteiger partial charge in [0.25, 0.3) is 5.91 Å². The molecule has 9 heteroatoms. The summed E-state index contributed by atoms with van der Waals surface area (Å²) >= 11 is 5.74. The van der Waals surface area contributed by atoms with Gasteiger partial charge in [0, 0.05) is 10.7 Å². The molecule has 0 aromatic heterocycles. The van der Waals surface area contributed by atoms with E-state index in [1.165, 1.54) is 6.07 Å². The Labute approximate surface area is 146 Å². The first-order valence-corrected chi connectivity index (χ1v) is 7.35. The largest absolute Gasteiger partial charge is 0.507 e. The molecule has 5 nitrogen and oxygen atoms in total. The van der Waals surface area contributed by atoms with Crippen molar-refractivity contribution in [2.45, 2.75) is 6.18 Å². The number of hydrogen-bond acceptors (Lipinski definition) is 4. The van der Waals surface area contributed by atoms with Gasteiger partial charge >= 0.3 is 6.18 Å². The fourth-order valence-corrected chi connectivity index (χ4v) is 1.96. The second kappa shape index (κ2) is 7.89. The molecule has 0 saturated heterocycles. The molecule has 0 heterocycles. The van der Waals surface area contributed by atoms with Crippen molar-refractivity contribution in [3.63, 3.8) is 0 Å². The van der Waals surface area contributed by atoms with Gasteiger partial charge in [-0.25, -0.2) is 5.43 Å². The Hall–Kier alpha value is -2.74. The number of nitrogens with zero attached hydrogens (tertiary/aromatic N) is 1. The van der Waals surface area contributed by atoms with Crippen LogP contribution in [0, 0.1) is 0 Å². The number of carbonyl (C=O) groups is 1. The lowest BCUT2D eigenvalue weighted by Gasteiger charge is -2.09. The Morgan fingerprint density at radius 2 is 1.88 bits per heavy atom. The first-order valence-electron chi connectivity index (χ1n) is 6.97. The van der Waals surface area contributed by atoms with Gasteiger partial charge in [-0.1, -0.05) is 11.6 Å². The predicted octanol–water partition coefficient (Wildman–Crippen LogP) is 3.63. The fraction of sp³-hybridized carbons (Fsp3) is 0.125. The van der Waals surface area contributed by atoms with Crippen LogP contribution in [0.5, 0.6) is 5.75 Å². The highest BCUT2D eigenvalue weighted by molar-refractivity contribution is 6.30. The van der Waals surface area contributed by atoms with Crippen LogP contribution in [0.1, 0.15) is 11.1 Å². The Morgan fingerprint density at radius 3 is 2.52 bits per heavy atom. The van der Waals surface area contributed by atoms with E-state index in [-0.39, 0.29) is 12.1 Å². The molecule has 3 N–H and O–H groups in total. The van der Waals surface area contributed by atoms with Crippen molar-refractivity contribution >= 4 is 29.4 Å². The number of benzene rings is 2. The highest BCUT2D eigenvalue weighted by Gasteiger charge is 2.33. The number of anilines is 1. The summed E-state index contributed by atoms with van der Waals surface area (Å²) in [6.07, 6.45) is -3.63. The minimum absolute atomic E-state index is 0.0797. The molecule has 0 radical (unpaired) electrons. The van der Waals surface area contributed by atoms with Crippen molar-refractivity contribution in [1.82, 2.24) is 5.43 Å². The van der Waals surface area contributed by atoms with Gasteiger partial charge in [0.05, 0.1) is 18.3 Å². The molecular weight excluding hydrogens is 359 g/mol. The summed E-state index contributed by atoms with van der Waals surface area (Å²) in [6.45, 7) is -0.0810. The number of phenolic OH excluding ortho intramolecular Hbond substituents is 1. The summed E-state index contributed by atoms with van der Waals surface area (Å²) < 4.78 is 38.0. The molecule has 0 unspecified atom stereocenters. The van der Waals surface area contributed by atoms with Gasteiger partial charge in [-0.05, 0) is 48.0 Å². The predicted molar refractivity (Wildman–Crippen MR) is 88.8 cm³/mol. The maximum Gasteiger partial charge on any atom is 0.419 e. The first-order chi connectivity index (χ1) is 11.8. The van der Waals surface area contributed by atoms with Crippen molar-refractivity contribution in [3.8, 4) is 5.75 Å². The van der Waals surface area contributed by atoms with E-state index in [1.807, 2.05) is 0 Å². The number of phenols is 1. The summed E-state index contributed by atoms with van der Waals surface area (Å²) in [4.78, 5) is 11.6. The molecule has 0 aliphatic rings. The average molecular weight is 372 g/mol. The Morgan fingerprint density at radius 1 is 1.20 bits per heavy atom. The van der Waals surface area contributed by atoms with E-state index >= 15 is 0 Å². The Kier molecular flexibility index (Phi) is 5.87. The van der Waals surface area contributed by atoms with Gasteiger partial charge in [-0.2, -0.15) is 18.3 Å². The van der Waals surface area contributed by atoms with Gasteiger partial charge in [0.1, 0.15) is 5.75 Å². The van der Waals surface area contributed by atoms with Crippen LogP contribution in [0.2, 0.25) is 5.02 Å². The monoisotopic (exact) mass is 371 g/mol. The zero-order valence-corrected chi connectivity index (χ0v) is 13.4. The third-order valence-corrected chi connectivity index (χ3v) is 3.28. The van der Waals surface area contributed by atoms with Crippen LogP contribution in [0.15, 0.2) is 47.6 Å². The van der Waals surface area contributed by atoms with Crippen molar-refractivity contribution < 1.29 is 23.1 Å². The summed E-state index contributed by atoms with van der Waals surface area (Å²) in [6, 6.07) is 9.57. The lowest BCUT2D eigenvalue weighted by Crippen LogP contribution is -2.25. The number of halogens is 4. The van der Waals surface area contributed by atoms with E-state index in [2.05, 4.69) is 15.8 Å². The molecule has 2 rings (SSSR count). The molecule has 0 atom stereocenters. The topological polar surface area (TPSA) is 73.7 Å². The number of carbonyl (C=O) groups excluding carboxylic acids is 1. The van der Waals surface area contributed by atoms with Crippen LogP contribution >= 0.6 is 11.6 Å². The average Bonchev–Trinajstić information content (AvgIpc) is 2.55. The van der Waals surface area contributed by atoms with Crippen molar-refractivity contribution in [3.05, 3.63) is 58.6 Å². The molecule has 0 fully saturated rings. The third kappa shape index (κ3) is 5.68. The van der Waals surface area contributed by atoms with E-state index < -0.39 is 23.4 Å². The number of aromatic hydroxyl groups is 1. The van der Waals surface area contributed by atoms with Crippen LogP contribution < -0.4 is 10.7 Å². The zero-order valence-electron chi connectivity index (χ0n) is 12.6. The van der Waals surface area contributed by atoms with Gasteiger partial charge < -0.3 is 10.4 Å². The highest BCUT2D eigenvalue weighted by atomic mass is 35.5. The number of nitrogens with one attached hydrogen (secondary N) is 2. The maximum atomic E-state index is 12.7. The zero-order chi connectivity index (χ0) is 18.4. The SMILES string of the molecule is O=C(CNc1ccc(Cl)cc1)N/N=C/c1ccc(O)c(C(F)(F)F)c1. The van der Waals surface area contributed by atoms with Gasteiger partial charge in [0.15, 0.2) is 0 Å². The third-order valence-electron chi connectivity index (χ3n) is 3.03. The number of alkyl halides is 3. The van der Waals surface area contributed by atoms with E-state index in [9.17, 15) is 23.1 Å². The van der Waals surface area contributed by atoms with E-state index in [4.69, 9.17) is 11.6 Å². The quantitative estimate of drug-likeness (QED) is 0.555. The van der Waals surface area contributed by atoms with E-state index in [0.717, 1.165) is 18.3 Å². The molecule has 2 aromatic carbocycles. The van der Waals surface area contributed by atoms with Crippen molar-refractivity contribution in [2.75, 3.05) is 11.9 Å². The lowest BCUT2D eigenvalue weighted by atomic mass is 10.1. The van der Waals surface area contributed by atoms with Crippen LogP contribution in [-0.2, 0) is 11.0 Å². The van der Waals surface area contributed by atoms with Crippen molar-refractivity contribution in [2.24, 2.45) is 5.10 Å².